The normalized spacial score (nSPS) is 39.6. The van der Waals surface area contributed by atoms with Crippen molar-refractivity contribution < 1.29 is 4.79 Å². The van der Waals surface area contributed by atoms with Crippen LogP contribution in [-0.2, 0) is 4.79 Å². The molecule has 3 heteroatoms. The fourth-order valence-electron chi connectivity index (χ4n) is 3.07. The van der Waals surface area contributed by atoms with E-state index in [2.05, 4.69) is 12.2 Å². The molecule has 0 aromatic heterocycles. The van der Waals surface area contributed by atoms with Crippen molar-refractivity contribution in [3.63, 3.8) is 0 Å². The maximum Gasteiger partial charge on any atom is 0.223 e. The van der Waals surface area contributed by atoms with Gasteiger partial charge in [-0.2, -0.15) is 0 Å². The Morgan fingerprint density at radius 2 is 1.88 bits per heavy atom. The molecule has 1 N–H and O–H groups in total. The molecule has 2 rings (SSSR count). The van der Waals surface area contributed by atoms with Gasteiger partial charge in [0.1, 0.15) is 0 Å². The van der Waals surface area contributed by atoms with E-state index in [0.717, 1.165) is 19.3 Å². The van der Waals surface area contributed by atoms with Crippen molar-refractivity contribution in [1.82, 2.24) is 5.32 Å². The molecule has 2 nitrogen and oxygen atoms in total. The molecule has 4 atom stereocenters. The lowest BCUT2D eigenvalue weighted by Gasteiger charge is -2.29. The minimum atomic E-state index is 0.148. The summed E-state index contributed by atoms with van der Waals surface area (Å²) in [5.41, 5.74) is 0. The van der Waals surface area contributed by atoms with Crippen LogP contribution in [0, 0.1) is 11.8 Å². The number of rotatable bonds is 2. The molecule has 0 saturated heterocycles. The molecule has 16 heavy (non-hydrogen) atoms. The second kappa shape index (κ2) is 5.39. The van der Waals surface area contributed by atoms with Gasteiger partial charge in [0.25, 0.3) is 0 Å². The lowest BCUT2D eigenvalue weighted by molar-refractivity contribution is -0.126. The van der Waals surface area contributed by atoms with Gasteiger partial charge in [0.2, 0.25) is 5.91 Å². The fourth-order valence-corrected chi connectivity index (χ4v) is 3.42. The van der Waals surface area contributed by atoms with Crippen LogP contribution in [-0.4, -0.2) is 17.3 Å². The van der Waals surface area contributed by atoms with E-state index < -0.39 is 0 Å². The Hall–Kier alpha value is -0.240. The summed E-state index contributed by atoms with van der Waals surface area (Å²) in [5, 5.41) is 3.32. The van der Waals surface area contributed by atoms with Crippen LogP contribution in [0.15, 0.2) is 0 Å². The Morgan fingerprint density at radius 1 is 1.12 bits per heavy atom. The van der Waals surface area contributed by atoms with E-state index in [1.54, 1.807) is 0 Å². The van der Waals surface area contributed by atoms with Gasteiger partial charge in [-0.15, -0.1) is 11.6 Å². The zero-order valence-corrected chi connectivity index (χ0v) is 10.8. The van der Waals surface area contributed by atoms with Crippen molar-refractivity contribution in [3.8, 4) is 0 Å². The molecule has 0 radical (unpaired) electrons. The lowest BCUT2D eigenvalue weighted by Crippen LogP contribution is -2.45. The smallest absolute Gasteiger partial charge is 0.223 e. The number of alkyl halides is 1. The number of hydrogen-bond donors (Lipinski definition) is 1. The summed E-state index contributed by atoms with van der Waals surface area (Å²) in [6.45, 7) is 2.19. The van der Waals surface area contributed by atoms with Crippen molar-refractivity contribution in [2.75, 3.05) is 0 Å². The number of carbonyl (C=O) groups excluding carboxylic acids is 1. The average molecular weight is 244 g/mol. The molecule has 0 aromatic rings. The van der Waals surface area contributed by atoms with Crippen molar-refractivity contribution in [2.45, 2.75) is 63.3 Å². The second-order valence-electron chi connectivity index (χ2n) is 5.43. The monoisotopic (exact) mass is 243 g/mol. The Bertz CT molecular complexity index is 256. The van der Waals surface area contributed by atoms with Crippen molar-refractivity contribution in [3.05, 3.63) is 0 Å². The molecule has 92 valence electrons. The summed E-state index contributed by atoms with van der Waals surface area (Å²) in [6, 6.07) is 0.218. The molecular formula is C13H22ClNO. The standard InChI is InChI=1S/C13H22ClNO/c1-9-5-4-6-10(9)13(16)15-12-8-3-2-7-11(12)14/h9-12H,2-8H2,1H3,(H,15,16). The topological polar surface area (TPSA) is 29.1 Å². The molecule has 4 unspecified atom stereocenters. The Balaban J connectivity index is 1.86. The van der Waals surface area contributed by atoms with E-state index in [4.69, 9.17) is 11.6 Å². The predicted octanol–water partition coefficient (Wildman–Crippen LogP) is 3.09. The van der Waals surface area contributed by atoms with Gasteiger partial charge in [-0.3, -0.25) is 4.79 Å². The van der Waals surface area contributed by atoms with Crippen LogP contribution in [0.1, 0.15) is 51.9 Å². The highest BCUT2D eigenvalue weighted by molar-refractivity contribution is 6.21. The summed E-state index contributed by atoms with van der Waals surface area (Å²) >= 11 is 6.26. The summed E-state index contributed by atoms with van der Waals surface area (Å²) in [5.74, 6) is 1.05. The SMILES string of the molecule is CC1CCCC1C(=O)NC1CCCCC1Cl. The van der Waals surface area contributed by atoms with Gasteiger partial charge in [-0.05, 0) is 31.6 Å². The first-order chi connectivity index (χ1) is 7.68. The maximum atomic E-state index is 12.1. The average Bonchev–Trinajstić information content (AvgIpc) is 2.68. The van der Waals surface area contributed by atoms with Crippen molar-refractivity contribution in [1.29, 1.82) is 0 Å². The minimum Gasteiger partial charge on any atom is -0.352 e. The van der Waals surface area contributed by atoms with Gasteiger partial charge in [0, 0.05) is 12.0 Å². The molecule has 0 heterocycles. The van der Waals surface area contributed by atoms with E-state index in [0.29, 0.717) is 5.92 Å². The molecule has 2 fully saturated rings. The van der Waals surface area contributed by atoms with Crippen LogP contribution < -0.4 is 5.32 Å². The molecule has 2 saturated carbocycles. The second-order valence-corrected chi connectivity index (χ2v) is 5.99. The van der Waals surface area contributed by atoms with Crippen LogP contribution in [0.4, 0.5) is 0 Å². The van der Waals surface area contributed by atoms with E-state index in [9.17, 15) is 4.79 Å². The van der Waals surface area contributed by atoms with Gasteiger partial charge >= 0.3 is 0 Å². The predicted molar refractivity (Wildman–Crippen MR) is 66.5 cm³/mol. The molecule has 0 bridgehead atoms. The van der Waals surface area contributed by atoms with Gasteiger partial charge in [-0.1, -0.05) is 26.2 Å². The lowest BCUT2D eigenvalue weighted by atomic mass is 9.92. The summed E-state index contributed by atoms with van der Waals surface area (Å²) in [6.07, 6.45) is 7.98. The van der Waals surface area contributed by atoms with E-state index >= 15 is 0 Å². The highest BCUT2D eigenvalue weighted by atomic mass is 35.5. The number of carbonyl (C=O) groups is 1. The van der Waals surface area contributed by atoms with Gasteiger partial charge in [0.05, 0.1) is 5.38 Å². The third-order valence-corrected chi connectivity index (χ3v) is 4.73. The Labute approximate surface area is 103 Å². The molecular weight excluding hydrogens is 222 g/mol. The minimum absolute atomic E-state index is 0.148. The highest BCUT2D eigenvalue weighted by Crippen LogP contribution is 2.32. The molecule has 0 aliphatic heterocycles. The van der Waals surface area contributed by atoms with Gasteiger partial charge in [0.15, 0.2) is 0 Å². The van der Waals surface area contributed by atoms with Crippen molar-refractivity contribution in [2.24, 2.45) is 11.8 Å². The first-order valence-corrected chi connectivity index (χ1v) is 7.06. The third-order valence-electron chi connectivity index (χ3n) is 4.21. The van der Waals surface area contributed by atoms with Crippen LogP contribution in [0.3, 0.4) is 0 Å². The van der Waals surface area contributed by atoms with E-state index in [-0.39, 0.29) is 23.2 Å². The van der Waals surface area contributed by atoms with Gasteiger partial charge in [-0.25, -0.2) is 0 Å². The van der Waals surface area contributed by atoms with Crippen LogP contribution in [0.5, 0.6) is 0 Å². The largest absolute Gasteiger partial charge is 0.352 e. The zero-order valence-electron chi connectivity index (χ0n) is 10.0. The third kappa shape index (κ3) is 2.71. The quantitative estimate of drug-likeness (QED) is 0.742. The van der Waals surface area contributed by atoms with E-state index in [1.165, 1.54) is 25.7 Å². The number of halogens is 1. The molecule has 1 amide bonds. The van der Waals surface area contributed by atoms with Crippen molar-refractivity contribution >= 4 is 17.5 Å². The Kier molecular flexibility index (Phi) is 4.12. The van der Waals surface area contributed by atoms with Crippen LogP contribution >= 0.6 is 11.6 Å². The van der Waals surface area contributed by atoms with E-state index in [1.807, 2.05) is 0 Å². The first kappa shape index (κ1) is 12.2. The van der Waals surface area contributed by atoms with Crippen LogP contribution in [0.2, 0.25) is 0 Å². The fraction of sp³-hybridized carbons (Fsp3) is 0.923. The first-order valence-electron chi connectivity index (χ1n) is 6.63. The summed E-state index contributed by atoms with van der Waals surface area (Å²) in [4.78, 5) is 12.1. The zero-order chi connectivity index (χ0) is 11.5. The number of hydrogen-bond acceptors (Lipinski definition) is 1. The van der Waals surface area contributed by atoms with Gasteiger partial charge < -0.3 is 5.32 Å². The maximum absolute atomic E-state index is 12.1. The molecule has 0 spiro atoms. The van der Waals surface area contributed by atoms with Crippen LogP contribution in [0.25, 0.3) is 0 Å². The summed E-state index contributed by atoms with van der Waals surface area (Å²) < 4.78 is 0. The molecule has 0 aromatic carbocycles. The molecule has 2 aliphatic rings. The summed E-state index contributed by atoms with van der Waals surface area (Å²) in [7, 11) is 0. The number of amides is 1. The highest BCUT2D eigenvalue weighted by Gasteiger charge is 2.32. The number of nitrogens with one attached hydrogen (secondary N) is 1. The Morgan fingerprint density at radius 3 is 2.50 bits per heavy atom. The molecule has 2 aliphatic carbocycles.